The minimum atomic E-state index is -0.473. The Kier molecular flexibility index (Phi) is 5.51. The number of piperidine rings is 1. The Labute approximate surface area is 96.2 Å². The van der Waals surface area contributed by atoms with Crippen molar-refractivity contribution in [2.45, 2.75) is 25.0 Å². The Balaban J connectivity index is 2.32. The first-order chi connectivity index (χ1) is 7.65. The van der Waals surface area contributed by atoms with Crippen LogP contribution in [0.2, 0.25) is 0 Å². The van der Waals surface area contributed by atoms with Crippen molar-refractivity contribution < 1.29 is 9.90 Å². The van der Waals surface area contributed by atoms with Gasteiger partial charge in [-0.15, -0.1) is 0 Å². The molecule has 0 aromatic rings. The van der Waals surface area contributed by atoms with Gasteiger partial charge in [0.15, 0.2) is 0 Å². The van der Waals surface area contributed by atoms with Crippen LogP contribution < -0.4 is 16.4 Å². The maximum Gasteiger partial charge on any atom is 0.314 e. The molecule has 2 amide bonds. The molecule has 16 heavy (non-hydrogen) atoms. The molecule has 0 saturated carbocycles. The molecule has 6 nitrogen and oxygen atoms in total. The summed E-state index contributed by atoms with van der Waals surface area (Å²) in [7, 11) is 1.61. The molecule has 5 N–H and O–H groups in total. The largest absolute Gasteiger partial charge is 0.390 e. The molecule has 6 heteroatoms. The summed E-state index contributed by atoms with van der Waals surface area (Å²) in [4.78, 5) is 13.3. The summed E-state index contributed by atoms with van der Waals surface area (Å²) < 4.78 is 0. The van der Waals surface area contributed by atoms with Crippen molar-refractivity contribution in [1.29, 1.82) is 0 Å². The van der Waals surface area contributed by atoms with Gasteiger partial charge in [-0.2, -0.15) is 0 Å². The molecular weight excluding hydrogens is 208 g/mol. The minimum Gasteiger partial charge on any atom is -0.390 e. The molecule has 2 atom stereocenters. The number of hydrogen-bond donors (Lipinski definition) is 4. The van der Waals surface area contributed by atoms with Crippen molar-refractivity contribution in [1.82, 2.24) is 15.5 Å². The van der Waals surface area contributed by atoms with Gasteiger partial charge in [-0.05, 0) is 19.4 Å². The summed E-state index contributed by atoms with van der Waals surface area (Å²) in [6, 6.07) is 0.0184. The molecule has 1 unspecified atom stereocenters. The number of nitrogens with one attached hydrogen (secondary N) is 2. The van der Waals surface area contributed by atoms with Crippen LogP contribution in [0.15, 0.2) is 0 Å². The number of aliphatic hydroxyl groups is 1. The van der Waals surface area contributed by atoms with Crippen molar-refractivity contribution in [3.63, 3.8) is 0 Å². The zero-order valence-electron chi connectivity index (χ0n) is 9.78. The van der Waals surface area contributed by atoms with Crippen LogP contribution in [0.4, 0.5) is 4.79 Å². The molecule has 0 bridgehead atoms. The molecule has 1 fully saturated rings. The number of β-amino-alcohol motifs (C(OH)–C–C–N with tert-alkyl or cyclic N) is 1. The van der Waals surface area contributed by atoms with Crippen molar-refractivity contribution in [3.05, 3.63) is 0 Å². The molecule has 0 aromatic heterocycles. The molecule has 94 valence electrons. The maximum absolute atomic E-state index is 11.2. The predicted molar refractivity (Wildman–Crippen MR) is 62.1 cm³/mol. The van der Waals surface area contributed by atoms with Crippen LogP contribution in [-0.2, 0) is 0 Å². The zero-order valence-corrected chi connectivity index (χ0v) is 9.78. The first-order valence-electron chi connectivity index (χ1n) is 5.74. The fourth-order valence-electron chi connectivity index (χ4n) is 1.97. The van der Waals surface area contributed by atoms with Gasteiger partial charge in [-0.1, -0.05) is 0 Å². The first-order valence-corrected chi connectivity index (χ1v) is 5.74. The fraction of sp³-hybridized carbons (Fsp3) is 0.900. The van der Waals surface area contributed by atoms with E-state index >= 15 is 0 Å². The van der Waals surface area contributed by atoms with E-state index in [2.05, 4.69) is 15.5 Å². The Morgan fingerprint density at radius 1 is 1.69 bits per heavy atom. The summed E-state index contributed by atoms with van der Waals surface area (Å²) in [6.07, 6.45) is 1.55. The molecule has 0 aliphatic carbocycles. The van der Waals surface area contributed by atoms with Gasteiger partial charge in [-0.3, -0.25) is 4.90 Å². The molecule has 1 aliphatic rings. The standard InChI is InChI=1S/C10H22N4O2/c1-12-10(16)13-8-3-2-4-14(6-8)7-9(15)5-11/h8-9,15H,2-7,11H2,1H3,(H2,12,13,16)/t8-,9?/m1/s1. The van der Waals surface area contributed by atoms with Crippen LogP contribution >= 0.6 is 0 Å². The van der Waals surface area contributed by atoms with Gasteiger partial charge in [0, 0.05) is 32.7 Å². The van der Waals surface area contributed by atoms with E-state index in [1.807, 2.05) is 0 Å². The second-order valence-corrected chi connectivity index (χ2v) is 4.21. The van der Waals surface area contributed by atoms with E-state index in [4.69, 9.17) is 5.73 Å². The molecule has 1 heterocycles. The summed E-state index contributed by atoms with van der Waals surface area (Å²) >= 11 is 0. The average Bonchev–Trinajstić information content (AvgIpc) is 2.29. The van der Waals surface area contributed by atoms with Gasteiger partial charge in [0.1, 0.15) is 0 Å². The second-order valence-electron chi connectivity index (χ2n) is 4.21. The van der Waals surface area contributed by atoms with Crippen LogP contribution in [0.25, 0.3) is 0 Å². The van der Waals surface area contributed by atoms with E-state index in [1.54, 1.807) is 7.05 Å². The molecule has 0 radical (unpaired) electrons. The van der Waals surface area contributed by atoms with E-state index in [0.717, 1.165) is 25.9 Å². The van der Waals surface area contributed by atoms with Crippen molar-refractivity contribution in [2.24, 2.45) is 5.73 Å². The van der Waals surface area contributed by atoms with Gasteiger partial charge in [-0.25, -0.2) is 4.79 Å². The van der Waals surface area contributed by atoms with Crippen LogP contribution in [0, 0.1) is 0 Å². The lowest BCUT2D eigenvalue weighted by molar-refractivity contribution is 0.0973. The normalized spacial score (nSPS) is 23.8. The zero-order chi connectivity index (χ0) is 12.0. The Morgan fingerprint density at radius 3 is 3.06 bits per heavy atom. The molecular formula is C10H22N4O2. The van der Waals surface area contributed by atoms with Crippen LogP contribution in [0.3, 0.4) is 0 Å². The second kappa shape index (κ2) is 6.67. The highest BCUT2D eigenvalue weighted by Gasteiger charge is 2.22. The fourth-order valence-corrected chi connectivity index (χ4v) is 1.97. The van der Waals surface area contributed by atoms with E-state index in [1.165, 1.54) is 0 Å². The van der Waals surface area contributed by atoms with E-state index in [9.17, 15) is 9.90 Å². The first kappa shape index (κ1) is 13.2. The SMILES string of the molecule is CNC(=O)N[C@@H]1CCCN(CC(O)CN)C1. The molecule has 0 spiro atoms. The van der Waals surface area contributed by atoms with Crippen LogP contribution in [-0.4, -0.2) is 61.4 Å². The quantitative estimate of drug-likeness (QED) is 0.483. The minimum absolute atomic E-state index is 0.147. The summed E-state index contributed by atoms with van der Waals surface area (Å²) in [5.41, 5.74) is 5.37. The number of carbonyl (C=O) groups excluding carboxylic acids is 1. The predicted octanol–water partition coefficient (Wildman–Crippen LogP) is -1.30. The van der Waals surface area contributed by atoms with Crippen molar-refractivity contribution in [3.8, 4) is 0 Å². The number of nitrogens with zero attached hydrogens (tertiary/aromatic N) is 1. The lowest BCUT2D eigenvalue weighted by atomic mass is 10.1. The number of rotatable bonds is 4. The smallest absolute Gasteiger partial charge is 0.314 e. The summed E-state index contributed by atoms with van der Waals surface area (Å²) in [5, 5.41) is 14.9. The highest BCUT2D eigenvalue weighted by molar-refractivity contribution is 5.73. The maximum atomic E-state index is 11.2. The number of likely N-dealkylation sites (tertiary alicyclic amines) is 1. The highest BCUT2D eigenvalue weighted by atomic mass is 16.3. The molecule has 0 aromatic carbocycles. The Hall–Kier alpha value is -0.850. The summed E-state index contributed by atoms with van der Waals surface area (Å²) in [5.74, 6) is 0. The third-order valence-electron chi connectivity index (χ3n) is 2.81. The van der Waals surface area contributed by atoms with Gasteiger partial charge in [0.05, 0.1) is 6.10 Å². The van der Waals surface area contributed by atoms with Gasteiger partial charge in [0.2, 0.25) is 0 Å². The van der Waals surface area contributed by atoms with Crippen LogP contribution in [0.1, 0.15) is 12.8 Å². The lowest BCUT2D eigenvalue weighted by Gasteiger charge is -2.33. The Morgan fingerprint density at radius 2 is 2.44 bits per heavy atom. The molecule has 1 aliphatic heterocycles. The van der Waals surface area contributed by atoms with Crippen molar-refractivity contribution in [2.75, 3.05) is 33.2 Å². The molecule has 1 saturated heterocycles. The number of carbonyl (C=O) groups is 1. The van der Waals surface area contributed by atoms with Crippen LogP contribution in [0.5, 0.6) is 0 Å². The van der Waals surface area contributed by atoms with E-state index < -0.39 is 6.10 Å². The van der Waals surface area contributed by atoms with E-state index in [-0.39, 0.29) is 18.6 Å². The third-order valence-corrected chi connectivity index (χ3v) is 2.81. The number of hydrogen-bond acceptors (Lipinski definition) is 4. The van der Waals surface area contributed by atoms with Gasteiger partial charge < -0.3 is 21.5 Å². The van der Waals surface area contributed by atoms with Gasteiger partial charge >= 0.3 is 6.03 Å². The van der Waals surface area contributed by atoms with Gasteiger partial charge in [0.25, 0.3) is 0 Å². The molecule has 1 rings (SSSR count). The summed E-state index contributed by atoms with van der Waals surface area (Å²) in [6.45, 7) is 2.61. The lowest BCUT2D eigenvalue weighted by Crippen LogP contribution is -2.51. The Bertz CT molecular complexity index is 225. The van der Waals surface area contributed by atoms with Crippen molar-refractivity contribution >= 4 is 6.03 Å². The number of urea groups is 1. The third kappa shape index (κ3) is 4.34. The number of nitrogens with two attached hydrogens (primary N) is 1. The van der Waals surface area contributed by atoms with E-state index in [0.29, 0.717) is 6.54 Å². The monoisotopic (exact) mass is 230 g/mol. The highest BCUT2D eigenvalue weighted by Crippen LogP contribution is 2.10. The topological polar surface area (TPSA) is 90.6 Å². The average molecular weight is 230 g/mol. The number of amides is 2. The number of aliphatic hydroxyl groups excluding tert-OH is 1.